The van der Waals surface area contributed by atoms with Gasteiger partial charge in [0.05, 0.1) is 18.9 Å². The highest BCUT2D eigenvalue weighted by atomic mass is 16.5. The van der Waals surface area contributed by atoms with Crippen LogP contribution in [0.2, 0.25) is 0 Å². The predicted octanol–water partition coefficient (Wildman–Crippen LogP) is 2.43. The second-order valence-corrected chi connectivity index (χ2v) is 4.73. The minimum atomic E-state index is -0.423. The number of benzene rings is 1. The minimum Gasteiger partial charge on any atom is -0.469 e. The summed E-state index contributed by atoms with van der Waals surface area (Å²) in [7, 11) is 1.32. The summed E-state index contributed by atoms with van der Waals surface area (Å²) in [6, 6.07) is 9.96. The fourth-order valence-corrected chi connectivity index (χ4v) is 1.96. The molecule has 5 nitrogen and oxygen atoms in total. The molecule has 1 aromatic carbocycles. The summed E-state index contributed by atoms with van der Waals surface area (Å²) in [5.74, 6) is 0.211. The van der Waals surface area contributed by atoms with Crippen LogP contribution >= 0.6 is 0 Å². The van der Waals surface area contributed by atoms with Crippen molar-refractivity contribution in [2.24, 2.45) is 0 Å². The second kappa shape index (κ2) is 6.74. The van der Waals surface area contributed by atoms with Crippen molar-refractivity contribution in [3.63, 3.8) is 0 Å². The SMILES string of the molecule is COC(=O)c1ccc(C(=O)N[C@@H](C)Cc2ccco2)cc1. The number of carbonyl (C=O) groups excluding carboxylic acids is 2. The molecule has 1 aromatic heterocycles. The number of nitrogens with one attached hydrogen (secondary N) is 1. The first kappa shape index (κ1) is 14.8. The van der Waals surface area contributed by atoms with E-state index in [9.17, 15) is 9.59 Å². The number of amides is 1. The maximum atomic E-state index is 12.1. The van der Waals surface area contributed by atoms with Gasteiger partial charge in [0.2, 0.25) is 0 Å². The molecule has 0 saturated carbocycles. The van der Waals surface area contributed by atoms with Crippen LogP contribution in [0.1, 0.15) is 33.4 Å². The Kier molecular flexibility index (Phi) is 4.77. The van der Waals surface area contributed by atoms with Gasteiger partial charge in [-0.05, 0) is 43.3 Å². The van der Waals surface area contributed by atoms with E-state index >= 15 is 0 Å². The minimum absolute atomic E-state index is 0.0519. The zero-order valence-electron chi connectivity index (χ0n) is 12.0. The highest BCUT2D eigenvalue weighted by molar-refractivity contribution is 5.96. The number of hydrogen-bond donors (Lipinski definition) is 1. The Bertz CT molecular complexity index is 602. The lowest BCUT2D eigenvalue weighted by atomic mass is 10.1. The van der Waals surface area contributed by atoms with E-state index in [2.05, 4.69) is 10.1 Å². The molecule has 5 heteroatoms. The molecule has 0 bridgehead atoms. The van der Waals surface area contributed by atoms with Gasteiger partial charge in [-0.2, -0.15) is 0 Å². The molecule has 0 unspecified atom stereocenters. The van der Waals surface area contributed by atoms with Crippen LogP contribution in [0, 0.1) is 0 Å². The number of carbonyl (C=O) groups is 2. The van der Waals surface area contributed by atoms with E-state index in [1.807, 2.05) is 19.1 Å². The van der Waals surface area contributed by atoms with Crippen LogP contribution in [0.15, 0.2) is 47.1 Å². The molecule has 0 saturated heterocycles. The molecular weight excluding hydrogens is 270 g/mol. The van der Waals surface area contributed by atoms with Crippen LogP contribution in [0.3, 0.4) is 0 Å². The zero-order chi connectivity index (χ0) is 15.2. The van der Waals surface area contributed by atoms with Crippen LogP contribution in [-0.2, 0) is 11.2 Å². The Hall–Kier alpha value is -2.56. The Morgan fingerprint density at radius 3 is 2.43 bits per heavy atom. The Morgan fingerprint density at radius 1 is 1.19 bits per heavy atom. The van der Waals surface area contributed by atoms with Gasteiger partial charge < -0.3 is 14.5 Å². The normalized spacial score (nSPS) is 11.7. The van der Waals surface area contributed by atoms with E-state index in [1.165, 1.54) is 7.11 Å². The molecule has 0 aliphatic carbocycles. The van der Waals surface area contributed by atoms with E-state index in [1.54, 1.807) is 30.5 Å². The summed E-state index contributed by atoms with van der Waals surface area (Å²) >= 11 is 0. The average Bonchev–Trinajstić information content (AvgIpc) is 2.99. The fourth-order valence-electron chi connectivity index (χ4n) is 1.96. The zero-order valence-corrected chi connectivity index (χ0v) is 12.0. The predicted molar refractivity (Wildman–Crippen MR) is 77.1 cm³/mol. The van der Waals surface area contributed by atoms with Crippen molar-refractivity contribution in [3.8, 4) is 0 Å². The van der Waals surface area contributed by atoms with Crippen molar-refractivity contribution in [1.82, 2.24) is 5.32 Å². The molecule has 0 fully saturated rings. The molecule has 21 heavy (non-hydrogen) atoms. The number of furan rings is 1. The number of esters is 1. The van der Waals surface area contributed by atoms with E-state index < -0.39 is 5.97 Å². The number of ether oxygens (including phenoxy) is 1. The molecule has 0 aliphatic heterocycles. The highest BCUT2D eigenvalue weighted by Crippen LogP contribution is 2.08. The summed E-state index contributed by atoms with van der Waals surface area (Å²) in [6.07, 6.45) is 2.23. The van der Waals surface area contributed by atoms with Gasteiger partial charge in [-0.15, -0.1) is 0 Å². The quantitative estimate of drug-likeness (QED) is 0.858. The van der Waals surface area contributed by atoms with Crippen molar-refractivity contribution >= 4 is 11.9 Å². The van der Waals surface area contributed by atoms with Crippen molar-refractivity contribution in [2.75, 3.05) is 7.11 Å². The first-order chi connectivity index (χ1) is 10.1. The van der Waals surface area contributed by atoms with E-state index in [4.69, 9.17) is 4.42 Å². The molecular formula is C16H17NO4. The lowest BCUT2D eigenvalue weighted by Gasteiger charge is -2.12. The Morgan fingerprint density at radius 2 is 1.86 bits per heavy atom. The van der Waals surface area contributed by atoms with Crippen LogP contribution < -0.4 is 5.32 Å². The van der Waals surface area contributed by atoms with Crippen LogP contribution in [0.4, 0.5) is 0 Å². The summed E-state index contributed by atoms with van der Waals surface area (Å²) in [6.45, 7) is 1.91. The summed E-state index contributed by atoms with van der Waals surface area (Å²) in [5, 5.41) is 2.88. The van der Waals surface area contributed by atoms with E-state index in [0.717, 1.165) is 5.76 Å². The average molecular weight is 287 g/mol. The topological polar surface area (TPSA) is 68.5 Å². The fraction of sp³-hybridized carbons (Fsp3) is 0.250. The van der Waals surface area contributed by atoms with Crippen LogP contribution in [-0.4, -0.2) is 25.0 Å². The monoisotopic (exact) mass is 287 g/mol. The van der Waals surface area contributed by atoms with Crippen molar-refractivity contribution in [1.29, 1.82) is 0 Å². The standard InChI is InChI=1S/C16H17NO4/c1-11(10-14-4-3-9-21-14)17-15(18)12-5-7-13(8-6-12)16(19)20-2/h3-9,11H,10H2,1-2H3,(H,17,18)/t11-/m0/s1. The highest BCUT2D eigenvalue weighted by Gasteiger charge is 2.12. The second-order valence-electron chi connectivity index (χ2n) is 4.73. The lowest BCUT2D eigenvalue weighted by molar-refractivity contribution is 0.0600. The van der Waals surface area contributed by atoms with Gasteiger partial charge in [0, 0.05) is 18.0 Å². The number of methoxy groups -OCH3 is 1. The molecule has 2 rings (SSSR count). The van der Waals surface area contributed by atoms with Gasteiger partial charge >= 0.3 is 5.97 Å². The van der Waals surface area contributed by atoms with Gasteiger partial charge in [-0.25, -0.2) is 4.79 Å². The Balaban J connectivity index is 1.95. The number of hydrogen-bond acceptors (Lipinski definition) is 4. The van der Waals surface area contributed by atoms with Gasteiger partial charge in [-0.1, -0.05) is 0 Å². The third kappa shape index (κ3) is 3.95. The first-order valence-corrected chi connectivity index (χ1v) is 6.61. The molecule has 1 N–H and O–H groups in total. The maximum Gasteiger partial charge on any atom is 0.337 e. The van der Waals surface area contributed by atoms with Crippen molar-refractivity contribution < 1.29 is 18.7 Å². The summed E-state index contributed by atoms with van der Waals surface area (Å²) < 4.78 is 9.85. The third-order valence-electron chi connectivity index (χ3n) is 3.03. The maximum absolute atomic E-state index is 12.1. The molecule has 1 atom stereocenters. The molecule has 0 spiro atoms. The first-order valence-electron chi connectivity index (χ1n) is 6.61. The molecule has 1 heterocycles. The molecule has 0 radical (unpaired) electrons. The number of rotatable bonds is 5. The smallest absolute Gasteiger partial charge is 0.337 e. The van der Waals surface area contributed by atoms with Crippen LogP contribution in [0.25, 0.3) is 0 Å². The molecule has 1 amide bonds. The van der Waals surface area contributed by atoms with Crippen LogP contribution in [0.5, 0.6) is 0 Å². The summed E-state index contributed by atoms with van der Waals surface area (Å²) in [5.41, 5.74) is 0.909. The van der Waals surface area contributed by atoms with Crippen molar-refractivity contribution in [2.45, 2.75) is 19.4 Å². The van der Waals surface area contributed by atoms with Crippen molar-refractivity contribution in [3.05, 3.63) is 59.5 Å². The molecule has 110 valence electrons. The molecule has 2 aromatic rings. The third-order valence-corrected chi connectivity index (χ3v) is 3.03. The van der Waals surface area contributed by atoms with Gasteiger partial charge in [0.1, 0.15) is 5.76 Å². The van der Waals surface area contributed by atoms with Gasteiger partial charge in [-0.3, -0.25) is 4.79 Å². The Labute approximate surface area is 122 Å². The lowest BCUT2D eigenvalue weighted by Crippen LogP contribution is -2.34. The summed E-state index contributed by atoms with van der Waals surface area (Å²) in [4.78, 5) is 23.4. The largest absolute Gasteiger partial charge is 0.469 e. The molecule has 0 aliphatic rings. The van der Waals surface area contributed by atoms with Gasteiger partial charge in [0.15, 0.2) is 0 Å². The van der Waals surface area contributed by atoms with E-state index in [0.29, 0.717) is 17.5 Å². The van der Waals surface area contributed by atoms with E-state index in [-0.39, 0.29) is 11.9 Å². The van der Waals surface area contributed by atoms with Gasteiger partial charge in [0.25, 0.3) is 5.91 Å².